The molecule has 0 radical (unpaired) electrons. The van der Waals surface area contributed by atoms with E-state index < -0.39 is 5.97 Å². The molecule has 1 aliphatic rings. The summed E-state index contributed by atoms with van der Waals surface area (Å²) in [5, 5.41) is 12.5. The minimum atomic E-state index is -0.793. The van der Waals surface area contributed by atoms with Gasteiger partial charge in [-0.25, -0.2) is 0 Å². The zero-order valence-electron chi connectivity index (χ0n) is 15.2. The molecule has 1 saturated heterocycles. The van der Waals surface area contributed by atoms with Gasteiger partial charge in [0.1, 0.15) is 0 Å². The number of amides is 1. The molecule has 1 aromatic rings. The summed E-state index contributed by atoms with van der Waals surface area (Å²) in [4.78, 5) is 27.6. The van der Waals surface area contributed by atoms with Crippen molar-refractivity contribution in [1.82, 2.24) is 9.80 Å². The average molecular weight is 404 g/mol. The van der Waals surface area contributed by atoms with Crippen molar-refractivity contribution in [1.29, 1.82) is 0 Å². The van der Waals surface area contributed by atoms with Gasteiger partial charge in [-0.05, 0) is 44.5 Å². The predicted molar refractivity (Wildman–Crippen MR) is 106 cm³/mol. The monoisotopic (exact) mass is 403 g/mol. The lowest BCUT2D eigenvalue weighted by atomic mass is 10.0. The number of halogens is 2. The molecule has 2 rings (SSSR count). The summed E-state index contributed by atoms with van der Waals surface area (Å²) in [6.07, 6.45) is 1.74. The number of hydrogen-bond donors (Lipinski definition) is 2. The van der Waals surface area contributed by atoms with Gasteiger partial charge < -0.3 is 10.4 Å². The zero-order chi connectivity index (χ0) is 18.4. The Kier molecular flexibility index (Phi) is 9.36. The Labute approximate surface area is 165 Å². The number of carbonyl (C=O) groups excluding carboxylic acids is 1. The van der Waals surface area contributed by atoms with Crippen LogP contribution in [-0.4, -0.2) is 65.0 Å². The normalized spacial score (nSPS) is 16.8. The number of rotatable bonds is 7. The van der Waals surface area contributed by atoms with Crippen LogP contribution in [0.25, 0.3) is 0 Å². The van der Waals surface area contributed by atoms with Crippen molar-refractivity contribution in [3.8, 4) is 0 Å². The number of nitrogens with zero attached hydrogens (tertiary/aromatic N) is 2. The van der Waals surface area contributed by atoms with Gasteiger partial charge in [0.25, 0.3) is 0 Å². The minimum absolute atomic E-state index is 0. The first-order valence-electron chi connectivity index (χ1n) is 8.67. The van der Waals surface area contributed by atoms with Crippen molar-refractivity contribution >= 4 is 41.6 Å². The zero-order valence-corrected chi connectivity index (χ0v) is 16.7. The van der Waals surface area contributed by atoms with Crippen LogP contribution < -0.4 is 5.32 Å². The van der Waals surface area contributed by atoms with Gasteiger partial charge in [-0.1, -0.05) is 24.6 Å². The molecule has 1 atom stereocenters. The van der Waals surface area contributed by atoms with E-state index in [1.807, 2.05) is 24.8 Å². The molecule has 0 bridgehead atoms. The SMILES string of the molecule is CCN(CC(=O)O)C1CCN(C(C)C(=O)Nc2cccc(Cl)c2)CC1.Cl. The first-order chi connectivity index (χ1) is 11.9. The van der Waals surface area contributed by atoms with Crippen LogP contribution in [0.4, 0.5) is 5.69 Å². The van der Waals surface area contributed by atoms with Crippen molar-refractivity contribution in [2.24, 2.45) is 0 Å². The Morgan fingerprint density at radius 1 is 1.38 bits per heavy atom. The second kappa shape index (κ2) is 10.7. The molecule has 0 aliphatic carbocycles. The van der Waals surface area contributed by atoms with Crippen molar-refractivity contribution in [2.45, 2.75) is 38.8 Å². The third-order valence-electron chi connectivity index (χ3n) is 4.78. The Hall–Kier alpha value is -1.34. The second-order valence-corrected chi connectivity index (χ2v) is 6.84. The van der Waals surface area contributed by atoms with Gasteiger partial charge in [0, 0.05) is 29.8 Å². The predicted octanol–water partition coefficient (Wildman–Crippen LogP) is 2.96. The number of nitrogens with one attached hydrogen (secondary N) is 1. The number of carboxylic acids is 1. The molecule has 1 unspecified atom stereocenters. The van der Waals surface area contributed by atoms with Gasteiger partial charge in [-0.15, -0.1) is 12.4 Å². The molecule has 1 aromatic carbocycles. The first kappa shape index (κ1) is 22.7. The number of piperidine rings is 1. The maximum atomic E-state index is 12.5. The number of carboxylic acid groups (broad SMARTS) is 1. The second-order valence-electron chi connectivity index (χ2n) is 6.40. The highest BCUT2D eigenvalue weighted by molar-refractivity contribution is 6.30. The van der Waals surface area contributed by atoms with Crippen LogP contribution in [-0.2, 0) is 9.59 Å². The summed E-state index contributed by atoms with van der Waals surface area (Å²) in [6, 6.07) is 7.13. The van der Waals surface area contributed by atoms with E-state index in [-0.39, 0.29) is 36.9 Å². The highest BCUT2D eigenvalue weighted by atomic mass is 35.5. The molecule has 6 nitrogen and oxygen atoms in total. The third kappa shape index (κ3) is 6.43. The Morgan fingerprint density at radius 2 is 2.04 bits per heavy atom. The summed E-state index contributed by atoms with van der Waals surface area (Å²) in [6.45, 7) is 6.25. The number of hydrogen-bond acceptors (Lipinski definition) is 4. The number of aliphatic carboxylic acids is 1. The quantitative estimate of drug-likeness (QED) is 0.731. The molecule has 8 heteroatoms. The van der Waals surface area contributed by atoms with Crippen LogP contribution in [0.2, 0.25) is 5.02 Å². The fraction of sp³-hybridized carbons (Fsp3) is 0.556. The number of anilines is 1. The number of likely N-dealkylation sites (tertiary alicyclic amines) is 1. The van der Waals surface area contributed by atoms with E-state index >= 15 is 0 Å². The summed E-state index contributed by atoms with van der Waals surface area (Å²) < 4.78 is 0. The summed E-state index contributed by atoms with van der Waals surface area (Å²) >= 11 is 5.94. The van der Waals surface area contributed by atoms with Crippen molar-refractivity contribution in [2.75, 3.05) is 31.5 Å². The number of benzene rings is 1. The lowest BCUT2D eigenvalue weighted by Crippen LogP contribution is -2.51. The number of likely N-dealkylation sites (N-methyl/N-ethyl adjacent to an activating group) is 1. The van der Waals surface area contributed by atoms with E-state index in [9.17, 15) is 9.59 Å². The van der Waals surface area contributed by atoms with Gasteiger partial charge >= 0.3 is 5.97 Å². The number of carbonyl (C=O) groups is 2. The molecule has 1 heterocycles. The molecule has 1 aliphatic heterocycles. The highest BCUT2D eigenvalue weighted by Gasteiger charge is 2.29. The van der Waals surface area contributed by atoms with Gasteiger partial charge in [-0.3, -0.25) is 19.4 Å². The van der Waals surface area contributed by atoms with Crippen LogP contribution in [0.1, 0.15) is 26.7 Å². The fourth-order valence-electron chi connectivity index (χ4n) is 3.29. The molecular formula is C18H27Cl2N3O3. The van der Waals surface area contributed by atoms with Gasteiger partial charge in [0.15, 0.2) is 0 Å². The Balaban J connectivity index is 0.00000338. The van der Waals surface area contributed by atoms with Crippen LogP contribution >= 0.6 is 24.0 Å². The van der Waals surface area contributed by atoms with Crippen molar-refractivity contribution in [3.63, 3.8) is 0 Å². The lowest BCUT2D eigenvalue weighted by molar-refractivity contribution is -0.139. The molecular weight excluding hydrogens is 377 g/mol. The van der Waals surface area contributed by atoms with E-state index in [1.54, 1.807) is 18.2 Å². The van der Waals surface area contributed by atoms with E-state index in [0.717, 1.165) is 32.5 Å². The maximum absolute atomic E-state index is 12.5. The topological polar surface area (TPSA) is 72.9 Å². The van der Waals surface area contributed by atoms with Crippen LogP contribution in [0.5, 0.6) is 0 Å². The molecule has 1 amide bonds. The minimum Gasteiger partial charge on any atom is -0.480 e. The molecule has 26 heavy (non-hydrogen) atoms. The average Bonchev–Trinajstić information content (AvgIpc) is 2.59. The molecule has 146 valence electrons. The summed E-state index contributed by atoms with van der Waals surface area (Å²) in [7, 11) is 0. The van der Waals surface area contributed by atoms with Crippen LogP contribution in [0.3, 0.4) is 0 Å². The Bertz CT molecular complexity index is 607. The van der Waals surface area contributed by atoms with Gasteiger partial charge in [0.2, 0.25) is 5.91 Å². The summed E-state index contributed by atoms with van der Waals surface area (Å²) in [5.74, 6) is -0.850. The van der Waals surface area contributed by atoms with E-state index in [4.69, 9.17) is 16.7 Å². The first-order valence-corrected chi connectivity index (χ1v) is 9.04. The maximum Gasteiger partial charge on any atom is 0.317 e. The van der Waals surface area contributed by atoms with E-state index in [0.29, 0.717) is 10.7 Å². The summed E-state index contributed by atoms with van der Waals surface area (Å²) in [5.41, 5.74) is 0.692. The van der Waals surface area contributed by atoms with E-state index in [2.05, 4.69) is 10.2 Å². The van der Waals surface area contributed by atoms with Crippen molar-refractivity contribution in [3.05, 3.63) is 29.3 Å². The largest absolute Gasteiger partial charge is 0.480 e. The van der Waals surface area contributed by atoms with Crippen LogP contribution in [0.15, 0.2) is 24.3 Å². The van der Waals surface area contributed by atoms with Crippen molar-refractivity contribution < 1.29 is 14.7 Å². The lowest BCUT2D eigenvalue weighted by Gasteiger charge is -2.39. The third-order valence-corrected chi connectivity index (χ3v) is 5.01. The van der Waals surface area contributed by atoms with Gasteiger partial charge in [0.05, 0.1) is 12.6 Å². The molecule has 0 aromatic heterocycles. The van der Waals surface area contributed by atoms with Crippen LogP contribution in [0, 0.1) is 0 Å². The fourth-order valence-corrected chi connectivity index (χ4v) is 3.48. The smallest absolute Gasteiger partial charge is 0.317 e. The standard InChI is InChI=1S/C18H26ClN3O3.ClH/c1-3-21(12-17(23)24)16-7-9-22(10-8-16)13(2)18(25)20-15-6-4-5-14(19)11-15;/h4-6,11,13,16H,3,7-10,12H2,1-2H3,(H,20,25)(H,23,24);1H. The molecule has 0 saturated carbocycles. The van der Waals surface area contributed by atoms with E-state index in [1.165, 1.54) is 0 Å². The Morgan fingerprint density at radius 3 is 2.58 bits per heavy atom. The molecule has 1 fully saturated rings. The molecule has 2 N–H and O–H groups in total. The molecule has 0 spiro atoms. The van der Waals surface area contributed by atoms with Gasteiger partial charge in [-0.2, -0.15) is 0 Å². The highest BCUT2D eigenvalue weighted by Crippen LogP contribution is 2.20.